The first-order chi connectivity index (χ1) is 8.08. The summed E-state index contributed by atoms with van der Waals surface area (Å²) >= 11 is 3.23. The van der Waals surface area contributed by atoms with Crippen LogP contribution in [0.25, 0.3) is 0 Å². The van der Waals surface area contributed by atoms with Crippen molar-refractivity contribution in [3.63, 3.8) is 0 Å². The van der Waals surface area contributed by atoms with Crippen molar-refractivity contribution in [3.05, 3.63) is 38.3 Å². The van der Waals surface area contributed by atoms with Crippen LogP contribution >= 0.6 is 15.9 Å². The highest BCUT2D eigenvalue weighted by Gasteiger charge is 2.17. The minimum atomic E-state index is -0.361. The van der Waals surface area contributed by atoms with Gasteiger partial charge in [-0.25, -0.2) is 0 Å². The van der Waals surface area contributed by atoms with Crippen molar-refractivity contribution in [2.24, 2.45) is 0 Å². The average molecular weight is 303 g/mol. The molecule has 0 amide bonds. The molecule has 0 saturated heterocycles. The average Bonchev–Trinajstić information content (AvgIpc) is 2.30. The maximum Gasteiger partial charge on any atom is 0.273 e. The summed E-state index contributed by atoms with van der Waals surface area (Å²) in [5, 5.41) is 14.0. The van der Waals surface area contributed by atoms with Gasteiger partial charge >= 0.3 is 0 Å². The van der Waals surface area contributed by atoms with Crippen LogP contribution in [0.1, 0.15) is 5.56 Å². The van der Waals surface area contributed by atoms with Crippen LogP contribution in [-0.2, 0) is 11.2 Å². The normalized spacial score (nSPS) is 12.4. The molecule has 17 heavy (non-hydrogen) atoms. The first-order valence-electron chi connectivity index (χ1n) is 5.17. The van der Waals surface area contributed by atoms with Crippen molar-refractivity contribution in [1.29, 1.82) is 0 Å². The summed E-state index contributed by atoms with van der Waals surface area (Å²) in [6.07, 6.45) is 0.563. The maximum atomic E-state index is 10.9. The van der Waals surface area contributed by atoms with Crippen molar-refractivity contribution < 1.29 is 9.66 Å². The van der Waals surface area contributed by atoms with Crippen molar-refractivity contribution in [2.45, 2.75) is 12.5 Å². The Morgan fingerprint density at radius 3 is 2.82 bits per heavy atom. The Morgan fingerprint density at radius 1 is 1.59 bits per heavy atom. The van der Waals surface area contributed by atoms with Gasteiger partial charge in [-0.15, -0.1) is 0 Å². The molecule has 1 N–H and O–H groups in total. The molecule has 1 unspecified atom stereocenters. The van der Waals surface area contributed by atoms with Crippen molar-refractivity contribution in [3.8, 4) is 0 Å². The van der Waals surface area contributed by atoms with Gasteiger partial charge in [-0.2, -0.15) is 0 Å². The third-order valence-corrected chi connectivity index (χ3v) is 2.98. The van der Waals surface area contributed by atoms with Crippen LogP contribution in [0.4, 0.5) is 5.69 Å². The minimum absolute atomic E-state index is 0.0693. The number of ether oxygens (including phenoxy) is 1. The zero-order valence-corrected chi connectivity index (χ0v) is 11.4. The topological polar surface area (TPSA) is 64.4 Å². The Kier molecular flexibility index (Phi) is 5.54. The third-order valence-electron chi connectivity index (χ3n) is 2.49. The Morgan fingerprint density at radius 2 is 2.29 bits per heavy atom. The summed E-state index contributed by atoms with van der Waals surface area (Å²) in [6.45, 7) is 0.518. The number of nitro groups is 1. The minimum Gasteiger partial charge on any atom is -0.383 e. The number of rotatable bonds is 6. The number of nitro benzene ring substituents is 1. The molecule has 0 aliphatic heterocycles. The van der Waals surface area contributed by atoms with Gasteiger partial charge < -0.3 is 10.1 Å². The van der Waals surface area contributed by atoms with Crippen LogP contribution in [0.5, 0.6) is 0 Å². The standard InChI is InChI=1S/C11H15BrN2O3/c1-13-10(7-17-2)5-8-3-4-9(12)6-11(8)14(15)16/h3-4,6,10,13H,5,7H2,1-2H3. The summed E-state index contributed by atoms with van der Waals surface area (Å²) in [7, 11) is 3.43. The van der Waals surface area contributed by atoms with Gasteiger partial charge in [0.15, 0.2) is 0 Å². The van der Waals surface area contributed by atoms with Crippen LogP contribution in [0, 0.1) is 10.1 Å². The molecular formula is C11H15BrN2O3. The van der Waals surface area contributed by atoms with E-state index in [1.165, 1.54) is 6.07 Å². The molecule has 0 saturated carbocycles. The molecule has 0 aromatic heterocycles. The van der Waals surface area contributed by atoms with Crippen LogP contribution < -0.4 is 5.32 Å². The highest BCUT2D eigenvalue weighted by atomic mass is 79.9. The molecule has 0 bridgehead atoms. The van der Waals surface area contributed by atoms with E-state index in [4.69, 9.17) is 4.74 Å². The van der Waals surface area contributed by atoms with Crippen molar-refractivity contribution in [2.75, 3.05) is 20.8 Å². The van der Waals surface area contributed by atoms with Gasteiger partial charge in [0.1, 0.15) is 0 Å². The lowest BCUT2D eigenvalue weighted by molar-refractivity contribution is -0.385. The summed E-state index contributed by atoms with van der Waals surface area (Å²) in [5.74, 6) is 0. The largest absolute Gasteiger partial charge is 0.383 e. The molecule has 5 nitrogen and oxygen atoms in total. The Bertz CT molecular complexity index is 398. The predicted molar refractivity (Wildman–Crippen MR) is 69.2 cm³/mol. The molecule has 0 heterocycles. The number of benzene rings is 1. The number of halogens is 1. The van der Waals surface area contributed by atoms with Crippen LogP contribution in [0.2, 0.25) is 0 Å². The van der Waals surface area contributed by atoms with E-state index in [1.807, 2.05) is 13.1 Å². The maximum absolute atomic E-state index is 10.9. The van der Waals surface area contributed by atoms with E-state index in [9.17, 15) is 10.1 Å². The molecule has 1 aromatic carbocycles. The van der Waals surface area contributed by atoms with Crippen LogP contribution in [0.15, 0.2) is 22.7 Å². The predicted octanol–water partition coefficient (Wildman–Crippen LogP) is 2.13. The van der Waals surface area contributed by atoms with Crippen molar-refractivity contribution >= 4 is 21.6 Å². The third kappa shape index (κ3) is 4.07. The number of hydrogen-bond donors (Lipinski definition) is 1. The molecule has 1 atom stereocenters. The fourth-order valence-electron chi connectivity index (χ4n) is 1.59. The molecular weight excluding hydrogens is 288 g/mol. The smallest absolute Gasteiger partial charge is 0.273 e. The van der Waals surface area contributed by atoms with Crippen LogP contribution in [0.3, 0.4) is 0 Å². The second-order valence-electron chi connectivity index (χ2n) is 3.68. The number of likely N-dealkylation sites (N-methyl/N-ethyl adjacent to an activating group) is 1. The SMILES string of the molecule is CNC(COC)Cc1ccc(Br)cc1[N+](=O)[O-]. The second kappa shape index (κ2) is 6.68. The first-order valence-corrected chi connectivity index (χ1v) is 5.96. The van der Waals surface area contributed by atoms with E-state index in [0.717, 1.165) is 0 Å². The van der Waals surface area contributed by atoms with Gasteiger partial charge in [-0.3, -0.25) is 10.1 Å². The van der Waals surface area contributed by atoms with E-state index in [-0.39, 0.29) is 16.7 Å². The van der Waals surface area contributed by atoms with E-state index < -0.39 is 0 Å². The van der Waals surface area contributed by atoms with Crippen LogP contribution in [-0.4, -0.2) is 31.7 Å². The molecule has 94 valence electrons. The Balaban J connectivity index is 2.92. The number of nitrogens with zero attached hydrogens (tertiary/aromatic N) is 1. The number of hydrogen-bond acceptors (Lipinski definition) is 4. The lowest BCUT2D eigenvalue weighted by atomic mass is 10.0. The van der Waals surface area contributed by atoms with E-state index in [0.29, 0.717) is 23.1 Å². The molecule has 1 rings (SSSR count). The fourth-order valence-corrected chi connectivity index (χ4v) is 1.94. The zero-order chi connectivity index (χ0) is 12.8. The fraction of sp³-hybridized carbons (Fsp3) is 0.455. The molecule has 6 heteroatoms. The second-order valence-corrected chi connectivity index (χ2v) is 4.59. The zero-order valence-electron chi connectivity index (χ0n) is 9.77. The molecule has 0 radical (unpaired) electrons. The lowest BCUT2D eigenvalue weighted by Gasteiger charge is -2.15. The Labute approximate surface area is 108 Å². The molecule has 0 aliphatic carbocycles. The highest BCUT2D eigenvalue weighted by molar-refractivity contribution is 9.10. The summed E-state index contributed by atoms with van der Waals surface area (Å²) in [4.78, 5) is 10.6. The van der Waals surface area contributed by atoms with Gasteiger partial charge in [0.25, 0.3) is 5.69 Å². The summed E-state index contributed by atoms with van der Waals surface area (Å²) in [6, 6.07) is 5.17. The molecule has 0 aliphatic rings. The lowest BCUT2D eigenvalue weighted by Crippen LogP contribution is -2.32. The number of methoxy groups -OCH3 is 1. The quantitative estimate of drug-likeness (QED) is 0.646. The monoisotopic (exact) mass is 302 g/mol. The van der Waals surface area contributed by atoms with Gasteiger partial charge in [0.05, 0.1) is 11.5 Å². The van der Waals surface area contributed by atoms with Gasteiger partial charge in [0, 0.05) is 29.3 Å². The molecule has 1 aromatic rings. The van der Waals surface area contributed by atoms with Gasteiger partial charge in [-0.1, -0.05) is 22.0 Å². The highest BCUT2D eigenvalue weighted by Crippen LogP contribution is 2.24. The van der Waals surface area contributed by atoms with E-state index in [2.05, 4.69) is 21.2 Å². The number of nitrogens with one attached hydrogen (secondary N) is 1. The molecule has 0 fully saturated rings. The van der Waals surface area contributed by atoms with Gasteiger partial charge in [0.2, 0.25) is 0 Å². The van der Waals surface area contributed by atoms with E-state index in [1.54, 1.807) is 13.2 Å². The summed E-state index contributed by atoms with van der Waals surface area (Å²) < 4.78 is 5.76. The van der Waals surface area contributed by atoms with E-state index >= 15 is 0 Å². The van der Waals surface area contributed by atoms with Gasteiger partial charge in [-0.05, 0) is 19.5 Å². The molecule has 0 spiro atoms. The Hall–Kier alpha value is -0.980. The summed E-state index contributed by atoms with van der Waals surface area (Å²) in [5.41, 5.74) is 0.838. The van der Waals surface area contributed by atoms with Crippen molar-refractivity contribution in [1.82, 2.24) is 5.32 Å². The first kappa shape index (κ1) is 14.1.